The number of carbonyl (C=O) groups is 1. The van der Waals surface area contributed by atoms with Crippen molar-refractivity contribution in [3.05, 3.63) is 41.0 Å². The molecule has 0 aliphatic heterocycles. The van der Waals surface area contributed by atoms with E-state index in [-0.39, 0.29) is 11.8 Å². The maximum absolute atomic E-state index is 12.1. The van der Waals surface area contributed by atoms with E-state index in [0.717, 1.165) is 29.4 Å². The van der Waals surface area contributed by atoms with Crippen molar-refractivity contribution in [3.8, 4) is 17.2 Å². The lowest BCUT2D eigenvalue weighted by atomic mass is 9.89. The Morgan fingerprint density at radius 2 is 1.73 bits per heavy atom. The molecule has 0 unspecified atom stereocenters. The molecule has 33 heavy (non-hydrogen) atoms. The fourth-order valence-corrected chi connectivity index (χ4v) is 3.83. The molecule has 0 radical (unpaired) electrons. The lowest BCUT2D eigenvalue weighted by molar-refractivity contribution is 0.0998. The predicted octanol–water partition coefficient (Wildman–Crippen LogP) is 5.00. The number of nitrogens with zero attached hydrogens (tertiary/aromatic N) is 1. The van der Waals surface area contributed by atoms with Crippen molar-refractivity contribution in [3.63, 3.8) is 0 Å². The van der Waals surface area contributed by atoms with Gasteiger partial charge in [0.25, 0.3) is 0 Å². The second kappa shape index (κ2) is 10.5. The van der Waals surface area contributed by atoms with Gasteiger partial charge in [-0.05, 0) is 42.9 Å². The molecule has 0 bridgehead atoms. The second-order valence-electron chi connectivity index (χ2n) is 8.59. The standard InChI is InChI=1S/C25H33N3O5/c1-14(2)18-13-19(25(27)29)21(15(3)4)23(30-5)22(18)32-11-7-6-10-31-16-8-9-17-20(12-16)33-28-24(17)26/h8-9,12-15H,6-7,10-11H2,1-5H3,(H2,26,28)(H2,27,29). The monoisotopic (exact) mass is 455 g/mol. The maximum atomic E-state index is 12.1. The SMILES string of the molecule is COc1c(OCCCCOc2ccc3c(N)noc3c2)c(C(C)C)cc(C(N)=O)c1C(C)C. The normalized spacial score (nSPS) is 11.4. The van der Waals surface area contributed by atoms with Gasteiger partial charge < -0.3 is 30.2 Å². The van der Waals surface area contributed by atoms with Gasteiger partial charge in [-0.3, -0.25) is 4.79 Å². The van der Waals surface area contributed by atoms with Crippen LogP contribution in [0.2, 0.25) is 0 Å². The zero-order valence-corrected chi connectivity index (χ0v) is 19.9. The summed E-state index contributed by atoms with van der Waals surface area (Å²) in [6.07, 6.45) is 1.58. The molecule has 3 aromatic rings. The number of primary amides is 1. The topological polar surface area (TPSA) is 123 Å². The molecule has 3 rings (SSSR count). The first-order chi connectivity index (χ1) is 15.7. The van der Waals surface area contributed by atoms with E-state index in [1.54, 1.807) is 13.2 Å². The third kappa shape index (κ3) is 5.32. The molecule has 0 saturated heterocycles. The van der Waals surface area contributed by atoms with Gasteiger partial charge in [-0.2, -0.15) is 0 Å². The van der Waals surface area contributed by atoms with Gasteiger partial charge >= 0.3 is 0 Å². The molecule has 0 aliphatic rings. The third-order valence-electron chi connectivity index (χ3n) is 5.50. The second-order valence-corrected chi connectivity index (χ2v) is 8.59. The Balaban J connectivity index is 1.64. The van der Waals surface area contributed by atoms with Crippen molar-refractivity contribution in [2.45, 2.75) is 52.4 Å². The van der Waals surface area contributed by atoms with E-state index in [0.29, 0.717) is 47.4 Å². The first-order valence-corrected chi connectivity index (χ1v) is 11.2. The summed E-state index contributed by atoms with van der Waals surface area (Å²) in [6, 6.07) is 7.31. The van der Waals surface area contributed by atoms with E-state index in [1.807, 2.05) is 45.9 Å². The molecule has 8 heteroatoms. The molecule has 1 aromatic heterocycles. The minimum absolute atomic E-state index is 0.0523. The van der Waals surface area contributed by atoms with Gasteiger partial charge in [0.05, 0.1) is 25.7 Å². The van der Waals surface area contributed by atoms with Crippen LogP contribution in [0.15, 0.2) is 28.8 Å². The van der Waals surface area contributed by atoms with Crippen LogP contribution in [0.3, 0.4) is 0 Å². The molecule has 0 saturated carbocycles. The summed E-state index contributed by atoms with van der Waals surface area (Å²) < 4.78 is 22.9. The van der Waals surface area contributed by atoms with Crippen molar-refractivity contribution in [1.29, 1.82) is 0 Å². The lowest BCUT2D eigenvalue weighted by Crippen LogP contribution is -2.17. The summed E-state index contributed by atoms with van der Waals surface area (Å²) in [5.74, 6) is 2.06. The summed E-state index contributed by atoms with van der Waals surface area (Å²) in [7, 11) is 1.59. The molecular weight excluding hydrogens is 422 g/mol. The van der Waals surface area contributed by atoms with Crippen LogP contribution in [0.1, 0.15) is 73.9 Å². The van der Waals surface area contributed by atoms with Crippen LogP contribution in [-0.4, -0.2) is 31.4 Å². The number of ether oxygens (including phenoxy) is 3. The summed E-state index contributed by atoms with van der Waals surface area (Å²) in [6.45, 7) is 9.13. The Hall–Kier alpha value is -3.42. The molecule has 2 aromatic carbocycles. The molecule has 1 amide bonds. The number of nitrogen functional groups attached to an aromatic ring is 1. The quantitative estimate of drug-likeness (QED) is 0.390. The van der Waals surface area contributed by atoms with Gasteiger partial charge in [0.1, 0.15) is 5.75 Å². The van der Waals surface area contributed by atoms with E-state index < -0.39 is 5.91 Å². The highest BCUT2D eigenvalue weighted by atomic mass is 16.5. The van der Waals surface area contributed by atoms with Crippen LogP contribution >= 0.6 is 0 Å². The molecule has 0 spiro atoms. The molecule has 178 valence electrons. The number of methoxy groups -OCH3 is 1. The molecule has 0 fully saturated rings. The maximum Gasteiger partial charge on any atom is 0.249 e. The number of carbonyl (C=O) groups excluding carboxylic acids is 1. The van der Waals surface area contributed by atoms with E-state index in [4.69, 9.17) is 30.2 Å². The molecule has 1 heterocycles. The van der Waals surface area contributed by atoms with Crippen LogP contribution < -0.4 is 25.7 Å². The van der Waals surface area contributed by atoms with E-state index in [2.05, 4.69) is 5.16 Å². The molecule has 0 aliphatic carbocycles. The number of hydrogen-bond donors (Lipinski definition) is 2. The Kier molecular flexibility index (Phi) is 7.68. The number of hydrogen-bond acceptors (Lipinski definition) is 7. The number of unbranched alkanes of at least 4 members (excludes halogenated alkanes) is 1. The van der Waals surface area contributed by atoms with Crippen molar-refractivity contribution in [2.24, 2.45) is 5.73 Å². The largest absolute Gasteiger partial charge is 0.493 e. The highest BCUT2D eigenvalue weighted by Crippen LogP contribution is 2.43. The molecule has 0 atom stereocenters. The van der Waals surface area contributed by atoms with Crippen LogP contribution in [0.25, 0.3) is 11.0 Å². The Labute approximate surface area is 194 Å². The number of nitrogens with two attached hydrogens (primary N) is 2. The number of amides is 1. The van der Waals surface area contributed by atoms with Crippen molar-refractivity contribution < 1.29 is 23.5 Å². The van der Waals surface area contributed by atoms with Gasteiger partial charge in [-0.1, -0.05) is 32.9 Å². The van der Waals surface area contributed by atoms with Crippen LogP contribution in [-0.2, 0) is 0 Å². The first-order valence-electron chi connectivity index (χ1n) is 11.2. The summed E-state index contributed by atoms with van der Waals surface area (Å²) in [5.41, 5.74) is 14.2. The average Bonchev–Trinajstić information content (AvgIpc) is 3.14. The van der Waals surface area contributed by atoms with Gasteiger partial charge in [0.2, 0.25) is 5.91 Å². The summed E-state index contributed by atoms with van der Waals surface area (Å²) in [4.78, 5) is 12.1. The number of rotatable bonds is 11. The van der Waals surface area contributed by atoms with Gasteiger partial charge in [-0.25, -0.2) is 0 Å². The fourth-order valence-electron chi connectivity index (χ4n) is 3.83. The smallest absolute Gasteiger partial charge is 0.249 e. The minimum Gasteiger partial charge on any atom is -0.493 e. The Bertz CT molecular complexity index is 1120. The number of benzene rings is 2. The lowest BCUT2D eigenvalue weighted by Gasteiger charge is -2.23. The predicted molar refractivity (Wildman–Crippen MR) is 128 cm³/mol. The highest BCUT2D eigenvalue weighted by molar-refractivity contribution is 5.96. The summed E-state index contributed by atoms with van der Waals surface area (Å²) >= 11 is 0. The van der Waals surface area contributed by atoms with Crippen molar-refractivity contribution in [2.75, 3.05) is 26.1 Å². The Morgan fingerprint density at radius 1 is 1.03 bits per heavy atom. The van der Waals surface area contributed by atoms with Crippen LogP contribution in [0, 0.1) is 0 Å². The number of anilines is 1. The Morgan fingerprint density at radius 3 is 2.33 bits per heavy atom. The van der Waals surface area contributed by atoms with Crippen LogP contribution in [0.5, 0.6) is 17.2 Å². The first kappa shape index (κ1) is 24.2. The van der Waals surface area contributed by atoms with Gasteiger partial charge in [0.15, 0.2) is 22.9 Å². The zero-order valence-electron chi connectivity index (χ0n) is 19.9. The third-order valence-corrected chi connectivity index (χ3v) is 5.50. The zero-order chi connectivity index (χ0) is 24.1. The van der Waals surface area contributed by atoms with Crippen LogP contribution in [0.4, 0.5) is 5.82 Å². The van der Waals surface area contributed by atoms with E-state index >= 15 is 0 Å². The molecule has 8 nitrogen and oxygen atoms in total. The average molecular weight is 456 g/mol. The van der Waals surface area contributed by atoms with Gasteiger partial charge in [0, 0.05) is 22.8 Å². The van der Waals surface area contributed by atoms with Gasteiger partial charge in [-0.15, -0.1) is 0 Å². The minimum atomic E-state index is -0.464. The molecule has 4 N–H and O–H groups in total. The van der Waals surface area contributed by atoms with E-state index in [1.165, 1.54) is 0 Å². The summed E-state index contributed by atoms with van der Waals surface area (Å²) in [5, 5.41) is 4.52. The van der Waals surface area contributed by atoms with E-state index in [9.17, 15) is 4.79 Å². The van der Waals surface area contributed by atoms with Crippen molar-refractivity contribution >= 4 is 22.7 Å². The highest BCUT2D eigenvalue weighted by Gasteiger charge is 2.25. The number of aromatic nitrogens is 1. The molecular formula is C25H33N3O5. The van der Waals surface area contributed by atoms with Crippen molar-refractivity contribution in [1.82, 2.24) is 5.16 Å². The fraction of sp³-hybridized carbons (Fsp3) is 0.440. The number of fused-ring (bicyclic) bond motifs is 1.